The number of benzene rings is 1. The van der Waals surface area contributed by atoms with Crippen LogP contribution in [0.2, 0.25) is 0 Å². The fourth-order valence-corrected chi connectivity index (χ4v) is 1.70. The van der Waals surface area contributed by atoms with E-state index < -0.39 is 0 Å². The second kappa shape index (κ2) is 7.64. The summed E-state index contributed by atoms with van der Waals surface area (Å²) in [5.74, 6) is -0.00880. The number of nitrogens with two attached hydrogens (primary N) is 1. The Morgan fingerprint density at radius 3 is 2.44 bits per heavy atom. The van der Waals surface area contributed by atoms with Crippen LogP contribution in [-0.2, 0) is 0 Å². The zero-order valence-electron chi connectivity index (χ0n) is 11.3. The standard InChI is InChI=1S/C15H22N2O/c1-3-4-5-6-11-17-12(2)15(18)13-7-9-14(16)10-8-13/h7-10H,3-6,11,16H2,1-2H3. The number of carbonyl (C=O) groups is 1. The van der Waals surface area contributed by atoms with Crippen molar-refractivity contribution in [2.24, 2.45) is 4.99 Å². The molecule has 2 N–H and O–H groups in total. The van der Waals surface area contributed by atoms with Gasteiger partial charge in [0, 0.05) is 17.8 Å². The van der Waals surface area contributed by atoms with Crippen molar-refractivity contribution in [1.82, 2.24) is 0 Å². The number of carbonyl (C=O) groups excluding carboxylic acids is 1. The molecule has 0 aliphatic rings. The average Bonchev–Trinajstić information content (AvgIpc) is 2.38. The van der Waals surface area contributed by atoms with E-state index in [-0.39, 0.29) is 5.78 Å². The van der Waals surface area contributed by atoms with Crippen LogP contribution in [0.15, 0.2) is 29.3 Å². The van der Waals surface area contributed by atoms with Gasteiger partial charge in [-0.25, -0.2) is 0 Å². The number of Topliss-reactive ketones (excluding diaryl/α,β-unsaturated/α-hetero) is 1. The van der Waals surface area contributed by atoms with Crippen molar-refractivity contribution < 1.29 is 4.79 Å². The molecule has 3 heteroatoms. The number of hydrogen-bond donors (Lipinski definition) is 1. The van der Waals surface area contributed by atoms with Gasteiger partial charge in [-0.15, -0.1) is 0 Å². The highest BCUT2D eigenvalue weighted by atomic mass is 16.1. The maximum Gasteiger partial charge on any atom is 0.206 e. The van der Waals surface area contributed by atoms with Gasteiger partial charge < -0.3 is 5.73 Å². The zero-order chi connectivity index (χ0) is 13.4. The lowest BCUT2D eigenvalue weighted by molar-refractivity contribution is 0.106. The van der Waals surface area contributed by atoms with E-state index >= 15 is 0 Å². The van der Waals surface area contributed by atoms with Crippen LogP contribution in [0.1, 0.15) is 49.9 Å². The minimum absolute atomic E-state index is 0.00880. The van der Waals surface area contributed by atoms with Crippen molar-refractivity contribution in [3.05, 3.63) is 29.8 Å². The van der Waals surface area contributed by atoms with Crippen LogP contribution in [0.3, 0.4) is 0 Å². The number of ketones is 1. The van der Waals surface area contributed by atoms with Crippen LogP contribution >= 0.6 is 0 Å². The molecule has 0 radical (unpaired) electrons. The first kappa shape index (κ1) is 14.4. The average molecular weight is 246 g/mol. The molecule has 0 amide bonds. The lowest BCUT2D eigenvalue weighted by Gasteiger charge is -2.02. The molecule has 1 rings (SSSR count). The molecule has 0 aliphatic heterocycles. The summed E-state index contributed by atoms with van der Waals surface area (Å²) in [5.41, 5.74) is 7.49. The lowest BCUT2D eigenvalue weighted by atomic mass is 10.1. The fraction of sp³-hybridized carbons (Fsp3) is 0.467. The molecule has 0 unspecified atom stereocenters. The first-order chi connectivity index (χ1) is 8.65. The molecule has 1 aromatic carbocycles. The molecular weight excluding hydrogens is 224 g/mol. The van der Waals surface area contributed by atoms with E-state index in [0.29, 0.717) is 17.0 Å². The second-order valence-electron chi connectivity index (χ2n) is 4.48. The summed E-state index contributed by atoms with van der Waals surface area (Å²) in [4.78, 5) is 16.3. The van der Waals surface area contributed by atoms with E-state index in [2.05, 4.69) is 11.9 Å². The minimum atomic E-state index is -0.00880. The Morgan fingerprint density at radius 2 is 1.83 bits per heavy atom. The summed E-state index contributed by atoms with van der Waals surface area (Å²) in [5, 5.41) is 0. The smallest absolute Gasteiger partial charge is 0.206 e. The number of unbranched alkanes of at least 4 members (excludes halogenated alkanes) is 3. The van der Waals surface area contributed by atoms with Crippen molar-refractivity contribution in [1.29, 1.82) is 0 Å². The molecule has 0 heterocycles. The molecule has 18 heavy (non-hydrogen) atoms. The van der Waals surface area contributed by atoms with Crippen LogP contribution < -0.4 is 5.73 Å². The van der Waals surface area contributed by atoms with Crippen molar-refractivity contribution in [3.8, 4) is 0 Å². The number of aliphatic imine (C=N–C) groups is 1. The van der Waals surface area contributed by atoms with Gasteiger partial charge in [0.1, 0.15) is 0 Å². The van der Waals surface area contributed by atoms with Gasteiger partial charge in [-0.3, -0.25) is 9.79 Å². The first-order valence-corrected chi connectivity index (χ1v) is 6.56. The second-order valence-corrected chi connectivity index (χ2v) is 4.48. The number of nitrogen functional groups attached to an aromatic ring is 1. The van der Waals surface area contributed by atoms with Crippen molar-refractivity contribution >= 4 is 17.2 Å². The molecule has 0 saturated heterocycles. The van der Waals surface area contributed by atoms with Crippen molar-refractivity contribution in [2.45, 2.75) is 39.5 Å². The summed E-state index contributed by atoms with van der Waals surface area (Å²) >= 11 is 0. The summed E-state index contributed by atoms with van der Waals surface area (Å²) < 4.78 is 0. The Bertz CT molecular complexity index is 407. The predicted octanol–water partition coefficient (Wildman–Crippen LogP) is 3.49. The molecule has 0 aromatic heterocycles. The van der Waals surface area contributed by atoms with Crippen molar-refractivity contribution in [2.75, 3.05) is 12.3 Å². The monoisotopic (exact) mass is 246 g/mol. The Labute approximate surface area is 109 Å². The van der Waals surface area contributed by atoms with Crippen LogP contribution in [0.5, 0.6) is 0 Å². The molecule has 0 saturated carbocycles. The van der Waals surface area contributed by atoms with Crippen LogP contribution in [0, 0.1) is 0 Å². The molecule has 0 aliphatic carbocycles. The lowest BCUT2D eigenvalue weighted by Crippen LogP contribution is -2.11. The van der Waals surface area contributed by atoms with Gasteiger partial charge in [-0.2, -0.15) is 0 Å². The highest BCUT2D eigenvalue weighted by Gasteiger charge is 2.08. The Morgan fingerprint density at radius 1 is 1.17 bits per heavy atom. The normalized spacial score (nSPS) is 11.6. The van der Waals surface area contributed by atoms with Crippen molar-refractivity contribution in [3.63, 3.8) is 0 Å². The van der Waals surface area contributed by atoms with Gasteiger partial charge in [0.15, 0.2) is 0 Å². The molecule has 3 nitrogen and oxygen atoms in total. The molecule has 98 valence electrons. The summed E-state index contributed by atoms with van der Waals surface area (Å²) in [6.07, 6.45) is 4.69. The quantitative estimate of drug-likeness (QED) is 0.346. The first-order valence-electron chi connectivity index (χ1n) is 6.56. The van der Waals surface area contributed by atoms with E-state index in [1.807, 2.05) is 0 Å². The molecule has 0 atom stereocenters. The van der Waals surface area contributed by atoms with Gasteiger partial charge in [0.2, 0.25) is 5.78 Å². The van der Waals surface area contributed by atoms with E-state index in [1.165, 1.54) is 19.3 Å². The van der Waals surface area contributed by atoms with Gasteiger partial charge in [0.05, 0.1) is 5.71 Å². The minimum Gasteiger partial charge on any atom is -0.399 e. The van der Waals surface area contributed by atoms with E-state index in [4.69, 9.17) is 5.73 Å². The third-order valence-electron chi connectivity index (χ3n) is 2.86. The highest BCUT2D eigenvalue weighted by molar-refractivity contribution is 6.45. The maximum atomic E-state index is 12.0. The Hall–Kier alpha value is -1.64. The third kappa shape index (κ3) is 4.70. The number of hydrogen-bond acceptors (Lipinski definition) is 3. The van der Waals surface area contributed by atoms with Gasteiger partial charge in [0.25, 0.3) is 0 Å². The maximum absolute atomic E-state index is 12.0. The summed E-state index contributed by atoms with van der Waals surface area (Å²) in [6, 6.07) is 6.96. The highest BCUT2D eigenvalue weighted by Crippen LogP contribution is 2.07. The Kier molecular flexibility index (Phi) is 6.12. The van der Waals surface area contributed by atoms with E-state index in [1.54, 1.807) is 31.2 Å². The van der Waals surface area contributed by atoms with Gasteiger partial charge in [-0.1, -0.05) is 26.2 Å². The van der Waals surface area contributed by atoms with Crippen LogP contribution in [-0.4, -0.2) is 18.0 Å². The third-order valence-corrected chi connectivity index (χ3v) is 2.86. The van der Waals surface area contributed by atoms with E-state index in [0.717, 1.165) is 13.0 Å². The molecule has 0 bridgehead atoms. The van der Waals surface area contributed by atoms with Gasteiger partial charge >= 0.3 is 0 Å². The SMILES string of the molecule is CCCCCCN=C(C)C(=O)c1ccc(N)cc1. The number of anilines is 1. The molecule has 0 spiro atoms. The summed E-state index contributed by atoms with van der Waals surface area (Å²) in [7, 11) is 0. The number of nitrogens with zero attached hydrogens (tertiary/aromatic N) is 1. The summed E-state index contributed by atoms with van der Waals surface area (Å²) in [6.45, 7) is 4.70. The fourth-order valence-electron chi connectivity index (χ4n) is 1.70. The largest absolute Gasteiger partial charge is 0.399 e. The van der Waals surface area contributed by atoms with E-state index in [9.17, 15) is 4.79 Å². The Balaban J connectivity index is 2.50. The zero-order valence-corrected chi connectivity index (χ0v) is 11.3. The molecular formula is C15H22N2O. The van der Waals surface area contributed by atoms with Gasteiger partial charge in [-0.05, 0) is 37.6 Å². The topological polar surface area (TPSA) is 55.5 Å². The predicted molar refractivity (Wildman–Crippen MR) is 77.3 cm³/mol. The number of rotatable bonds is 7. The molecule has 0 fully saturated rings. The molecule has 1 aromatic rings. The van der Waals surface area contributed by atoms with Crippen LogP contribution in [0.4, 0.5) is 5.69 Å². The van der Waals surface area contributed by atoms with Crippen LogP contribution in [0.25, 0.3) is 0 Å².